The van der Waals surface area contributed by atoms with Crippen LogP contribution in [0.3, 0.4) is 0 Å². The Balaban J connectivity index is 1.41. The molecule has 0 saturated carbocycles. The zero-order valence-electron chi connectivity index (χ0n) is 16.1. The number of hydrogen-bond donors (Lipinski definition) is 0. The zero-order valence-corrected chi connectivity index (χ0v) is 16.1. The van der Waals surface area contributed by atoms with Gasteiger partial charge in [-0.15, -0.1) is 10.2 Å². The van der Waals surface area contributed by atoms with Gasteiger partial charge in [-0.3, -0.25) is 9.59 Å². The molecule has 4 rings (SSSR count). The van der Waals surface area contributed by atoms with E-state index in [2.05, 4.69) is 14.8 Å². The predicted molar refractivity (Wildman–Crippen MR) is 102 cm³/mol. The van der Waals surface area contributed by atoms with Crippen LogP contribution in [0.2, 0.25) is 0 Å². The predicted octanol–water partition coefficient (Wildman–Crippen LogP) is 1.43. The third kappa shape index (κ3) is 3.72. The maximum absolute atomic E-state index is 12.6. The number of fused-ring (bicyclic) bond motifs is 1. The van der Waals surface area contributed by atoms with Crippen molar-refractivity contribution in [2.24, 2.45) is 0 Å². The van der Waals surface area contributed by atoms with Gasteiger partial charge < -0.3 is 19.1 Å². The van der Waals surface area contributed by atoms with Crippen molar-refractivity contribution in [2.75, 3.05) is 26.2 Å². The molecule has 1 aromatic carbocycles. The highest BCUT2D eigenvalue weighted by Crippen LogP contribution is 2.31. The molecule has 8 heteroatoms. The van der Waals surface area contributed by atoms with Gasteiger partial charge in [-0.2, -0.15) is 0 Å². The van der Waals surface area contributed by atoms with Gasteiger partial charge in [0.15, 0.2) is 12.4 Å². The highest BCUT2D eigenvalue weighted by molar-refractivity contribution is 5.77. The first-order valence-electron chi connectivity index (χ1n) is 9.78. The summed E-state index contributed by atoms with van der Waals surface area (Å²) in [5.41, 5.74) is 0. The van der Waals surface area contributed by atoms with Gasteiger partial charge >= 0.3 is 0 Å². The molecule has 0 spiro atoms. The van der Waals surface area contributed by atoms with Crippen molar-refractivity contribution in [3.8, 4) is 5.75 Å². The minimum absolute atomic E-state index is 0.0117. The first-order valence-corrected chi connectivity index (χ1v) is 9.78. The fourth-order valence-electron chi connectivity index (χ4n) is 4.01. The lowest BCUT2D eigenvalue weighted by Crippen LogP contribution is -2.37. The third-order valence-corrected chi connectivity index (χ3v) is 5.47. The van der Waals surface area contributed by atoms with Crippen LogP contribution in [0.4, 0.5) is 0 Å². The summed E-state index contributed by atoms with van der Waals surface area (Å²) < 4.78 is 7.69. The van der Waals surface area contributed by atoms with Gasteiger partial charge in [0.05, 0.1) is 6.04 Å². The van der Waals surface area contributed by atoms with Crippen LogP contribution in [0.5, 0.6) is 5.75 Å². The standard InChI is InChI=1S/C20H25N5O3/c1-15(26)24-10-5-8-17(24)20-22-21-18-9-11-23(12-13-25(18)20)19(27)14-28-16-6-3-2-4-7-16/h2-4,6-7,17H,5,8-14H2,1H3. The molecule has 1 aromatic heterocycles. The molecule has 2 aliphatic heterocycles. The number of carbonyl (C=O) groups is 2. The molecule has 2 aromatic rings. The SMILES string of the molecule is CC(=O)N1CCCC1c1nnc2n1CCN(C(=O)COc1ccccc1)CC2. The Morgan fingerprint density at radius 2 is 1.93 bits per heavy atom. The number of likely N-dealkylation sites (tertiary alicyclic amines) is 1. The Bertz CT molecular complexity index is 851. The van der Waals surface area contributed by atoms with Crippen LogP contribution in [0.1, 0.15) is 37.5 Å². The van der Waals surface area contributed by atoms with Crippen LogP contribution >= 0.6 is 0 Å². The van der Waals surface area contributed by atoms with Crippen molar-refractivity contribution in [1.82, 2.24) is 24.6 Å². The lowest BCUT2D eigenvalue weighted by Gasteiger charge is -2.24. The van der Waals surface area contributed by atoms with E-state index in [9.17, 15) is 9.59 Å². The summed E-state index contributed by atoms with van der Waals surface area (Å²) in [7, 11) is 0. The summed E-state index contributed by atoms with van der Waals surface area (Å²) in [6, 6.07) is 9.34. The quantitative estimate of drug-likeness (QED) is 0.798. The number of amides is 2. The van der Waals surface area contributed by atoms with Gasteiger partial charge in [0.25, 0.3) is 5.91 Å². The van der Waals surface area contributed by atoms with Gasteiger partial charge in [-0.1, -0.05) is 18.2 Å². The molecular formula is C20H25N5O3. The van der Waals surface area contributed by atoms with Crippen molar-refractivity contribution in [3.05, 3.63) is 42.0 Å². The normalized spacial score (nSPS) is 19.2. The van der Waals surface area contributed by atoms with Crippen LogP contribution in [0.15, 0.2) is 30.3 Å². The van der Waals surface area contributed by atoms with Gasteiger partial charge in [0.1, 0.15) is 11.6 Å². The van der Waals surface area contributed by atoms with Crippen molar-refractivity contribution < 1.29 is 14.3 Å². The second-order valence-electron chi connectivity index (χ2n) is 7.23. The molecule has 1 fully saturated rings. The maximum atomic E-state index is 12.6. The number of hydrogen-bond acceptors (Lipinski definition) is 5. The van der Waals surface area contributed by atoms with E-state index >= 15 is 0 Å². The number of aromatic nitrogens is 3. The summed E-state index contributed by atoms with van der Waals surface area (Å²) in [5, 5.41) is 8.74. The average Bonchev–Trinajstić information content (AvgIpc) is 3.29. The zero-order chi connectivity index (χ0) is 19.5. The fourth-order valence-corrected chi connectivity index (χ4v) is 4.01. The number of nitrogens with zero attached hydrogens (tertiary/aromatic N) is 5. The molecule has 1 saturated heterocycles. The van der Waals surface area contributed by atoms with E-state index in [4.69, 9.17) is 4.74 Å². The topological polar surface area (TPSA) is 80.6 Å². The number of ether oxygens (including phenoxy) is 1. The first-order chi connectivity index (χ1) is 13.6. The largest absolute Gasteiger partial charge is 0.484 e. The van der Waals surface area contributed by atoms with E-state index in [0.717, 1.165) is 31.0 Å². The molecule has 148 valence electrons. The minimum atomic E-state index is -0.0321. The lowest BCUT2D eigenvalue weighted by molar-refractivity contribution is -0.133. The molecule has 0 bridgehead atoms. The molecule has 2 aliphatic rings. The molecule has 3 heterocycles. The molecule has 0 radical (unpaired) electrons. The second kappa shape index (κ2) is 8.00. The number of carbonyl (C=O) groups excluding carboxylic acids is 2. The van der Waals surface area contributed by atoms with Crippen LogP contribution in [-0.4, -0.2) is 62.6 Å². The van der Waals surface area contributed by atoms with E-state index in [1.165, 1.54) is 0 Å². The van der Waals surface area contributed by atoms with Gasteiger partial charge in [0.2, 0.25) is 5.91 Å². The van der Waals surface area contributed by atoms with Gasteiger partial charge in [0, 0.05) is 39.5 Å². The molecule has 8 nitrogen and oxygen atoms in total. The first kappa shape index (κ1) is 18.5. The molecule has 0 aliphatic carbocycles. The van der Waals surface area contributed by atoms with E-state index in [1.807, 2.05) is 40.1 Å². The van der Waals surface area contributed by atoms with E-state index in [-0.39, 0.29) is 24.5 Å². The Hall–Kier alpha value is -2.90. The minimum Gasteiger partial charge on any atom is -0.484 e. The average molecular weight is 383 g/mol. The Labute approximate surface area is 164 Å². The lowest BCUT2D eigenvalue weighted by atomic mass is 10.2. The number of rotatable bonds is 4. The molecule has 0 N–H and O–H groups in total. The Morgan fingerprint density at radius 1 is 1.11 bits per heavy atom. The van der Waals surface area contributed by atoms with E-state index < -0.39 is 0 Å². The molecule has 28 heavy (non-hydrogen) atoms. The van der Waals surface area contributed by atoms with Crippen molar-refractivity contribution in [3.63, 3.8) is 0 Å². The van der Waals surface area contributed by atoms with E-state index in [0.29, 0.717) is 31.8 Å². The number of para-hydroxylation sites is 1. The van der Waals surface area contributed by atoms with Gasteiger partial charge in [-0.25, -0.2) is 0 Å². The number of benzene rings is 1. The highest BCUT2D eigenvalue weighted by atomic mass is 16.5. The highest BCUT2D eigenvalue weighted by Gasteiger charge is 2.33. The van der Waals surface area contributed by atoms with Crippen molar-refractivity contribution >= 4 is 11.8 Å². The second-order valence-corrected chi connectivity index (χ2v) is 7.23. The van der Waals surface area contributed by atoms with Crippen molar-refractivity contribution in [2.45, 2.75) is 38.8 Å². The fraction of sp³-hybridized carbons (Fsp3) is 0.500. The third-order valence-electron chi connectivity index (χ3n) is 5.47. The molecule has 2 amide bonds. The van der Waals surface area contributed by atoms with Crippen molar-refractivity contribution in [1.29, 1.82) is 0 Å². The van der Waals surface area contributed by atoms with E-state index in [1.54, 1.807) is 6.92 Å². The molecular weight excluding hydrogens is 358 g/mol. The van der Waals surface area contributed by atoms with Crippen LogP contribution in [0, 0.1) is 0 Å². The maximum Gasteiger partial charge on any atom is 0.260 e. The summed E-state index contributed by atoms with van der Waals surface area (Å²) in [4.78, 5) is 28.2. The van der Waals surface area contributed by atoms with Crippen LogP contribution in [0.25, 0.3) is 0 Å². The van der Waals surface area contributed by atoms with Gasteiger partial charge in [-0.05, 0) is 25.0 Å². The summed E-state index contributed by atoms with van der Waals surface area (Å²) in [6.45, 7) is 4.21. The summed E-state index contributed by atoms with van der Waals surface area (Å²) >= 11 is 0. The Morgan fingerprint density at radius 3 is 2.71 bits per heavy atom. The molecule has 1 atom stereocenters. The summed E-state index contributed by atoms with van der Waals surface area (Å²) in [5.74, 6) is 2.46. The van der Waals surface area contributed by atoms with Crippen LogP contribution in [-0.2, 0) is 22.6 Å². The van der Waals surface area contributed by atoms with Crippen LogP contribution < -0.4 is 4.74 Å². The summed E-state index contributed by atoms with van der Waals surface area (Å²) in [6.07, 6.45) is 2.54. The Kier molecular flexibility index (Phi) is 5.27. The monoisotopic (exact) mass is 383 g/mol. The smallest absolute Gasteiger partial charge is 0.260 e. The molecule has 1 unspecified atom stereocenters.